The largest absolute Gasteiger partial charge is 0.0851 e. The summed E-state index contributed by atoms with van der Waals surface area (Å²) in [4.78, 5) is 0. The van der Waals surface area contributed by atoms with Crippen LogP contribution in [0, 0.1) is 35.5 Å². The first kappa shape index (κ1) is 12.2. The van der Waals surface area contributed by atoms with Gasteiger partial charge in [-0.15, -0.1) is 0 Å². The standard InChI is InChI=1S/C16H28/c1-11(2)13(4)12(3)5-7-15-9-14-6-8-16(15)10-14/h6,8,11-16H,5,7,9-10H2,1-4H3. The average molecular weight is 220 g/mol. The maximum atomic E-state index is 2.50. The number of fused-ring (bicyclic) bond motifs is 2. The Bertz CT molecular complexity index is 251. The first-order valence-electron chi connectivity index (χ1n) is 7.26. The molecule has 0 saturated heterocycles. The zero-order valence-corrected chi connectivity index (χ0v) is 11.4. The Morgan fingerprint density at radius 2 is 1.81 bits per heavy atom. The minimum Gasteiger partial charge on any atom is -0.0851 e. The molecule has 2 aliphatic rings. The molecule has 2 bridgehead atoms. The Kier molecular flexibility index (Phi) is 3.77. The van der Waals surface area contributed by atoms with Crippen LogP contribution in [0.4, 0.5) is 0 Å². The van der Waals surface area contributed by atoms with Crippen LogP contribution in [-0.4, -0.2) is 0 Å². The van der Waals surface area contributed by atoms with Crippen molar-refractivity contribution in [2.24, 2.45) is 35.5 Å². The van der Waals surface area contributed by atoms with Gasteiger partial charge in [0, 0.05) is 0 Å². The van der Waals surface area contributed by atoms with E-state index < -0.39 is 0 Å². The highest BCUT2D eigenvalue weighted by Gasteiger charge is 2.35. The van der Waals surface area contributed by atoms with E-state index in [4.69, 9.17) is 0 Å². The zero-order chi connectivity index (χ0) is 11.7. The molecule has 0 amide bonds. The lowest BCUT2D eigenvalue weighted by Gasteiger charge is -2.26. The van der Waals surface area contributed by atoms with Gasteiger partial charge in [0.15, 0.2) is 0 Å². The molecule has 16 heavy (non-hydrogen) atoms. The van der Waals surface area contributed by atoms with Gasteiger partial charge < -0.3 is 0 Å². The highest BCUT2D eigenvalue weighted by atomic mass is 14.4. The fourth-order valence-electron chi connectivity index (χ4n) is 3.62. The van der Waals surface area contributed by atoms with Crippen molar-refractivity contribution in [2.75, 3.05) is 0 Å². The summed E-state index contributed by atoms with van der Waals surface area (Å²) in [5.74, 6) is 5.56. The molecule has 0 aliphatic heterocycles. The van der Waals surface area contributed by atoms with Crippen LogP contribution in [0.3, 0.4) is 0 Å². The van der Waals surface area contributed by atoms with Gasteiger partial charge in [0.25, 0.3) is 0 Å². The molecular formula is C16H28. The van der Waals surface area contributed by atoms with E-state index in [-0.39, 0.29) is 0 Å². The summed E-state index contributed by atoms with van der Waals surface area (Å²) >= 11 is 0. The molecule has 0 heteroatoms. The van der Waals surface area contributed by atoms with Crippen LogP contribution in [0.15, 0.2) is 12.2 Å². The smallest absolute Gasteiger partial charge is 0.0199 e. The second kappa shape index (κ2) is 4.94. The zero-order valence-electron chi connectivity index (χ0n) is 11.4. The lowest BCUT2D eigenvalue weighted by atomic mass is 9.80. The van der Waals surface area contributed by atoms with Gasteiger partial charge in [-0.2, -0.15) is 0 Å². The van der Waals surface area contributed by atoms with Crippen molar-refractivity contribution in [1.82, 2.24) is 0 Å². The summed E-state index contributed by atoms with van der Waals surface area (Å²) < 4.78 is 0. The molecule has 0 radical (unpaired) electrons. The van der Waals surface area contributed by atoms with Crippen LogP contribution in [-0.2, 0) is 0 Å². The molecule has 0 aromatic rings. The lowest BCUT2D eigenvalue weighted by molar-refractivity contribution is 0.255. The minimum absolute atomic E-state index is 0.843. The van der Waals surface area contributed by atoms with Gasteiger partial charge in [0.1, 0.15) is 0 Å². The average Bonchev–Trinajstić information content (AvgIpc) is 2.86. The van der Waals surface area contributed by atoms with Crippen molar-refractivity contribution in [3.8, 4) is 0 Å². The summed E-state index contributed by atoms with van der Waals surface area (Å²) in [6.45, 7) is 9.60. The summed E-state index contributed by atoms with van der Waals surface area (Å²) in [6, 6.07) is 0. The first-order chi connectivity index (χ1) is 7.58. The quantitative estimate of drug-likeness (QED) is 0.578. The maximum Gasteiger partial charge on any atom is -0.0199 e. The lowest BCUT2D eigenvalue weighted by Crippen LogP contribution is -2.16. The number of rotatable bonds is 5. The second-order valence-corrected chi connectivity index (χ2v) is 6.70. The van der Waals surface area contributed by atoms with Gasteiger partial charge in [-0.3, -0.25) is 0 Å². The molecule has 5 atom stereocenters. The minimum atomic E-state index is 0.843. The summed E-state index contributed by atoms with van der Waals surface area (Å²) in [7, 11) is 0. The van der Waals surface area contributed by atoms with Crippen molar-refractivity contribution in [1.29, 1.82) is 0 Å². The third-order valence-corrected chi connectivity index (χ3v) is 5.36. The van der Waals surface area contributed by atoms with E-state index in [0.29, 0.717) is 0 Å². The summed E-state index contributed by atoms with van der Waals surface area (Å²) in [6.07, 6.45) is 10.8. The molecule has 0 aromatic heterocycles. The predicted octanol–water partition coefficient (Wildman–Crippen LogP) is 4.91. The maximum absolute atomic E-state index is 2.50. The second-order valence-electron chi connectivity index (χ2n) is 6.70. The SMILES string of the molecule is CC(C)C(C)C(C)CCC1CC2C=CC1C2. The van der Waals surface area contributed by atoms with E-state index in [1.165, 1.54) is 25.7 Å². The Hall–Kier alpha value is -0.260. The molecule has 1 fully saturated rings. The van der Waals surface area contributed by atoms with Crippen LogP contribution < -0.4 is 0 Å². The van der Waals surface area contributed by atoms with Crippen LogP contribution in [0.1, 0.15) is 53.4 Å². The van der Waals surface area contributed by atoms with E-state index >= 15 is 0 Å². The topological polar surface area (TPSA) is 0 Å². The van der Waals surface area contributed by atoms with E-state index in [1.807, 2.05) is 0 Å². The van der Waals surface area contributed by atoms with Crippen molar-refractivity contribution in [3.63, 3.8) is 0 Å². The number of hydrogen-bond acceptors (Lipinski definition) is 0. The van der Waals surface area contributed by atoms with Crippen molar-refractivity contribution < 1.29 is 0 Å². The van der Waals surface area contributed by atoms with Crippen molar-refractivity contribution >= 4 is 0 Å². The molecule has 2 aliphatic carbocycles. The normalized spacial score (nSPS) is 35.9. The van der Waals surface area contributed by atoms with E-state index in [0.717, 1.165) is 35.5 Å². The van der Waals surface area contributed by atoms with E-state index in [1.54, 1.807) is 0 Å². The summed E-state index contributed by atoms with van der Waals surface area (Å²) in [5, 5.41) is 0. The number of allylic oxidation sites excluding steroid dienone is 2. The molecule has 1 saturated carbocycles. The molecule has 2 rings (SSSR count). The molecule has 0 nitrogen and oxygen atoms in total. The van der Waals surface area contributed by atoms with Gasteiger partial charge in [-0.1, -0.05) is 46.3 Å². The molecule has 92 valence electrons. The van der Waals surface area contributed by atoms with E-state index in [9.17, 15) is 0 Å². The Morgan fingerprint density at radius 3 is 2.31 bits per heavy atom. The fourth-order valence-corrected chi connectivity index (χ4v) is 3.62. The molecule has 0 heterocycles. The molecular weight excluding hydrogens is 192 g/mol. The van der Waals surface area contributed by atoms with Crippen molar-refractivity contribution in [3.05, 3.63) is 12.2 Å². The third-order valence-electron chi connectivity index (χ3n) is 5.36. The molecule has 5 unspecified atom stereocenters. The molecule has 0 N–H and O–H groups in total. The molecule has 0 aromatic carbocycles. The van der Waals surface area contributed by atoms with Gasteiger partial charge in [-0.25, -0.2) is 0 Å². The van der Waals surface area contributed by atoms with Gasteiger partial charge >= 0.3 is 0 Å². The van der Waals surface area contributed by atoms with Crippen LogP contribution in [0.5, 0.6) is 0 Å². The van der Waals surface area contributed by atoms with Crippen LogP contribution >= 0.6 is 0 Å². The Morgan fingerprint density at radius 1 is 1.06 bits per heavy atom. The predicted molar refractivity (Wildman–Crippen MR) is 71.2 cm³/mol. The van der Waals surface area contributed by atoms with Gasteiger partial charge in [0.05, 0.1) is 0 Å². The highest BCUT2D eigenvalue weighted by Crippen LogP contribution is 2.46. The Labute approximate surface area is 102 Å². The van der Waals surface area contributed by atoms with E-state index in [2.05, 4.69) is 39.8 Å². The van der Waals surface area contributed by atoms with Gasteiger partial charge in [0.2, 0.25) is 0 Å². The molecule has 0 spiro atoms. The Balaban J connectivity index is 1.73. The fraction of sp³-hybridized carbons (Fsp3) is 0.875. The third kappa shape index (κ3) is 2.52. The highest BCUT2D eigenvalue weighted by molar-refractivity contribution is 5.09. The summed E-state index contributed by atoms with van der Waals surface area (Å²) in [5.41, 5.74) is 0. The van der Waals surface area contributed by atoms with Crippen molar-refractivity contribution in [2.45, 2.75) is 53.4 Å². The van der Waals surface area contributed by atoms with Crippen LogP contribution in [0.2, 0.25) is 0 Å². The van der Waals surface area contributed by atoms with Gasteiger partial charge in [-0.05, 0) is 54.8 Å². The first-order valence-corrected chi connectivity index (χ1v) is 7.26. The van der Waals surface area contributed by atoms with Crippen LogP contribution in [0.25, 0.3) is 0 Å². The monoisotopic (exact) mass is 220 g/mol. The number of hydrogen-bond donors (Lipinski definition) is 0.